The predicted octanol–water partition coefficient (Wildman–Crippen LogP) is 4.21. The Kier molecular flexibility index (Phi) is 5.38. The third kappa shape index (κ3) is 4.04. The third-order valence-corrected chi connectivity index (χ3v) is 4.95. The van der Waals surface area contributed by atoms with Crippen molar-refractivity contribution in [3.05, 3.63) is 65.7 Å². The molecule has 3 aromatic rings. The van der Waals surface area contributed by atoms with Crippen LogP contribution in [-0.4, -0.2) is 40.3 Å². The molecule has 1 heterocycles. The highest BCUT2D eigenvalue weighted by Gasteiger charge is 2.18. The molecule has 1 aliphatic heterocycles. The molecule has 0 bridgehead atoms. The molecule has 0 radical (unpaired) electrons. The molecule has 0 aromatic heterocycles. The summed E-state index contributed by atoms with van der Waals surface area (Å²) in [4.78, 5) is 14.9. The van der Waals surface area contributed by atoms with Crippen molar-refractivity contribution in [2.24, 2.45) is 0 Å². The van der Waals surface area contributed by atoms with Gasteiger partial charge in [0.25, 0.3) is 5.91 Å². The topological polar surface area (TPSA) is 60.0 Å². The summed E-state index contributed by atoms with van der Waals surface area (Å²) in [5.41, 5.74) is 3.21. The number of nitrogens with one attached hydrogen (secondary N) is 1. The van der Waals surface area contributed by atoms with E-state index >= 15 is 0 Å². The summed E-state index contributed by atoms with van der Waals surface area (Å²) >= 11 is 0. The molecule has 4 rings (SSSR count). The minimum atomic E-state index is -0.320. The Morgan fingerprint density at radius 3 is 2.41 bits per heavy atom. The molecule has 1 amide bonds. The Balaban J connectivity index is 1.59. The normalized spacial score (nSPS) is 14.2. The Morgan fingerprint density at radius 2 is 1.76 bits per heavy atom. The number of nitrogens with zero attached hydrogens (tertiary/aromatic N) is 1. The molecule has 0 aliphatic carbocycles. The Bertz CT molecular complexity index is 1020. The van der Waals surface area contributed by atoms with Gasteiger partial charge in [-0.2, -0.15) is 0 Å². The fourth-order valence-electron chi connectivity index (χ4n) is 3.42. The van der Waals surface area contributed by atoms with Gasteiger partial charge in [0.2, 0.25) is 0 Å². The molecule has 3 aromatic carbocycles. The smallest absolute Gasteiger partial charge is 0.255 e. The molecule has 1 N–H and O–H groups in total. The third-order valence-electron chi connectivity index (χ3n) is 4.95. The van der Waals surface area contributed by atoms with Crippen LogP contribution in [0.25, 0.3) is 10.8 Å². The lowest BCUT2D eigenvalue weighted by molar-refractivity contribution is -0.0441. The van der Waals surface area contributed by atoms with Crippen LogP contribution in [0.15, 0.2) is 54.6 Å². The highest BCUT2D eigenvalue weighted by molar-refractivity contribution is 6.09. The molecule has 0 spiro atoms. The van der Waals surface area contributed by atoms with Gasteiger partial charge in [0.15, 0.2) is 6.29 Å². The van der Waals surface area contributed by atoms with E-state index in [0.29, 0.717) is 18.8 Å². The summed E-state index contributed by atoms with van der Waals surface area (Å²) in [6.45, 7) is 1.20. The van der Waals surface area contributed by atoms with E-state index in [-0.39, 0.29) is 12.2 Å². The quantitative estimate of drug-likeness (QED) is 0.705. The number of hydrogen-bond donors (Lipinski definition) is 1. The fraction of sp³-hybridized carbons (Fsp3) is 0.261. The zero-order chi connectivity index (χ0) is 20.4. The van der Waals surface area contributed by atoms with Gasteiger partial charge in [0.1, 0.15) is 5.75 Å². The highest BCUT2D eigenvalue weighted by atomic mass is 16.7. The number of ether oxygens (including phenoxy) is 3. The number of methoxy groups -OCH3 is 1. The van der Waals surface area contributed by atoms with Crippen molar-refractivity contribution in [1.29, 1.82) is 0 Å². The molecule has 1 saturated heterocycles. The number of benzene rings is 3. The van der Waals surface area contributed by atoms with Crippen molar-refractivity contribution >= 4 is 28.1 Å². The van der Waals surface area contributed by atoms with Gasteiger partial charge in [0, 0.05) is 42.0 Å². The predicted molar refractivity (Wildman–Crippen MR) is 114 cm³/mol. The van der Waals surface area contributed by atoms with Gasteiger partial charge in [0.05, 0.1) is 20.3 Å². The first-order chi connectivity index (χ1) is 14.0. The van der Waals surface area contributed by atoms with E-state index in [1.807, 2.05) is 73.6 Å². The zero-order valence-electron chi connectivity index (χ0n) is 16.8. The van der Waals surface area contributed by atoms with Crippen LogP contribution >= 0.6 is 0 Å². The van der Waals surface area contributed by atoms with Gasteiger partial charge in [-0.05, 0) is 41.8 Å². The Hall–Kier alpha value is -3.09. The monoisotopic (exact) mass is 392 g/mol. The van der Waals surface area contributed by atoms with Gasteiger partial charge < -0.3 is 24.4 Å². The maximum atomic E-state index is 12.9. The summed E-state index contributed by atoms with van der Waals surface area (Å²) < 4.78 is 16.3. The van der Waals surface area contributed by atoms with Gasteiger partial charge in [-0.3, -0.25) is 4.79 Å². The molecule has 0 saturated carbocycles. The summed E-state index contributed by atoms with van der Waals surface area (Å²) in [7, 11) is 5.57. The summed E-state index contributed by atoms with van der Waals surface area (Å²) in [6.07, 6.45) is -0.320. The number of amides is 1. The van der Waals surface area contributed by atoms with E-state index in [2.05, 4.69) is 5.32 Å². The van der Waals surface area contributed by atoms with Crippen LogP contribution in [0.4, 0.5) is 11.4 Å². The SMILES string of the molecule is COc1ccc2cc(C(=O)Nc3ccc(C4OCCO4)cc3)cc(N(C)C)c2c1. The van der Waals surface area contributed by atoms with Gasteiger partial charge >= 0.3 is 0 Å². The number of rotatable bonds is 5. The highest BCUT2D eigenvalue weighted by Crippen LogP contribution is 2.31. The van der Waals surface area contributed by atoms with E-state index in [4.69, 9.17) is 14.2 Å². The molecule has 29 heavy (non-hydrogen) atoms. The average Bonchev–Trinajstić information content (AvgIpc) is 3.27. The lowest BCUT2D eigenvalue weighted by Crippen LogP contribution is -2.15. The Labute approximate surface area is 170 Å². The number of hydrogen-bond acceptors (Lipinski definition) is 5. The van der Waals surface area contributed by atoms with Crippen molar-refractivity contribution in [2.45, 2.75) is 6.29 Å². The van der Waals surface area contributed by atoms with Crippen LogP contribution in [0.2, 0.25) is 0 Å². The first-order valence-electron chi connectivity index (χ1n) is 9.49. The summed E-state index contributed by atoms with van der Waals surface area (Å²) in [5, 5.41) is 4.98. The molecule has 6 nitrogen and oxygen atoms in total. The van der Waals surface area contributed by atoms with E-state index in [1.165, 1.54) is 0 Å². The molecule has 0 unspecified atom stereocenters. The van der Waals surface area contributed by atoms with E-state index in [1.54, 1.807) is 7.11 Å². The zero-order valence-corrected chi connectivity index (χ0v) is 16.8. The lowest BCUT2D eigenvalue weighted by Gasteiger charge is -2.18. The van der Waals surface area contributed by atoms with Crippen LogP contribution in [0.3, 0.4) is 0 Å². The molecular weight excluding hydrogens is 368 g/mol. The number of anilines is 2. The standard InChI is InChI=1S/C23H24N2O4/c1-25(2)21-13-17(12-16-6-9-19(27-3)14-20(16)21)22(26)24-18-7-4-15(5-8-18)23-28-10-11-29-23/h4-9,12-14,23H,10-11H2,1-3H3,(H,24,26). The average molecular weight is 392 g/mol. The molecular formula is C23H24N2O4. The lowest BCUT2D eigenvalue weighted by atomic mass is 10.0. The largest absolute Gasteiger partial charge is 0.497 e. The van der Waals surface area contributed by atoms with Gasteiger partial charge in [-0.15, -0.1) is 0 Å². The van der Waals surface area contributed by atoms with Crippen LogP contribution in [0, 0.1) is 0 Å². The van der Waals surface area contributed by atoms with Crippen molar-refractivity contribution in [2.75, 3.05) is 44.6 Å². The van der Waals surface area contributed by atoms with Crippen molar-refractivity contribution in [3.8, 4) is 5.75 Å². The first-order valence-corrected chi connectivity index (χ1v) is 9.49. The maximum absolute atomic E-state index is 12.9. The summed E-state index contributed by atoms with van der Waals surface area (Å²) in [6, 6.07) is 17.2. The van der Waals surface area contributed by atoms with Crippen LogP contribution < -0.4 is 15.0 Å². The molecule has 0 atom stereocenters. The van der Waals surface area contributed by atoms with E-state index < -0.39 is 0 Å². The summed E-state index contributed by atoms with van der Waals surface area (Å²) in [5.74, 6) is 0.625. The van der Waals surface area contributed by atoms with Crippen molar-refractivity contribution in [3.63, 3.8) is 0 Å². The second-order valence-corrected chi connectivity index (χ2v) is 7.13. The first kappa shape index (κ1) is 19.2. The van der Waals surface area contributed by atoms with Crippen LogP contribution in [-0.2, 0) is 9.47 Å². The second kappa shape index (κ2) is 8.11. The van der Waals surface area contributed by atoms with E-state index in [0.717, 1.165) is 33.5 Å². The molecule has 1 aliphatic rings. The molecule has 1 fully saturated rings. The Morgan fingerprint density at radius 1 is 1.03 bits per heavy atom. The number of carbonyl (C=O) groups is 1. The number of carbonyl (C=O) groups excluding carboxylic acids is 1. The fourth-order valence-corrected chi connectivity index (χ4v) is 3.42. The van der Waals surface area contributed by atoms with E-state index in [9.17, 15) is 4.79 Å². The van der Waals surface area contributed by atoms with Gasteiger partial charge in [-0.25, -0.2) is 0 Å². The van der Waals surface area contributed by atoms with Gasteiger partial charge in [-0.1, -0.05) is 18.2 Å². The minimum Gasteiger partial charge on any atom is -0.497 e. The minimum absolute atomic E-state index is 0.160. The van der Waals surface area contributed by atoms with Crippen LogP contribution in [0.5, 0.6) is 5.75 Å². The number of fused-ring (bicyclic) bond motifs is 1. The molecule has 150 valence electrons. The van der Waals surface area contributed by atoms with Crippen LogP contribution in [0.1, 0.15) is 22.2 Å². The van der Waals surface area contributed by atoms with Crippen molar-refractivity contribution < 1.29 is 19.0 Å². The second-order valence-electron chi connectivity index (χ2n) is 7.13. The maximum Gasteiger partial charge on any atom is 0.255 e. The molecule has 6 heteroatoms. The van der Waals surface area contributed by atoms with Crippen molar-refractivity contribution in [1.82, 2.24) is 0 Å².